The van der Waals surface area contributed by atoms with E-state index in [0.29, 0.717) is 12.0 Å². The quantitative estimate of drug-likeness (QED) is 0.943. The van der Waals surface area contributed by atoms with Crippen LogP contribution in [0.2, 0.25) is 0 Å². The molecule has 1 N–H and O–H groups in total. The normalized spacial score (nSPS) is 20.2. The van der Waals surface area contributed by atoms with E-state index in [9.17, 15) is 13.6 Å². The summed E-state index contributed by atoms with van der Waals surface area (Å²) in [6.07, 6.45) is 2.21. The van der Waals surface area contributed by atoms with E-state index in [1.807, 2.05) is 13.8 Å². The van der Waals surface area contributed by atoms with Crippen molar-refractivity contribution in [1.29, 1.82) is 0 Å². The molecular formula is C15H16F2N4O. The van der Waals surface area contributed by atoms with Crippen molar-refractivity contribution in [1.82, 2.24) is 20.3 Å². The molecule has 2 atom stereocenters. The van der Waals surface area contributed by atoms with Crippen molar-refractivity contribution in [2.45, 2.75) is 38.3 Å². The van der Waals surface area contributed by atoms with E-state index in [1.165, 1.54) is 12.1 Å². The van der Waals surface area contributed by atoms with Crippen molar-refractivity contribution < 1.29 is 13.6 Å². The van der Waals surface area contributed by atoms with Gasteiger partial charge in [-0.25, -0.2) is 13.5 Å². The maximum absolute atomic E-state index is 13.7. The third-order valence-electron chi connectivity index (χ3n) is 3.74. The van der Waals surface area contributed by atoms with Crippen LogP contribution in [0.4, 0.5) is 8.78 Å². The van der Waals surface area contributed by atoms with Crippen molar-refractivity contribution in [2.24, 2.45) is 0 Å². The largest absolute Gasteiger partial charge is 0.347 e. The molecule has 22 heavy (non-hydrogen) atoms. The molecule has 1 heterocycles. The van der Waals surface area contributed by atoms with Crippen molar-refractivity contribution in [3.63, 3.8) is 0 Å². The molecule has 1 aromatic heterocycles. The van der Waals surface area contributed by atoms with E-state index in [4.69, 9.17) is 0 Å². The minimum absolute atomic E-state index is 0.121. The second-order valence-corrected chi connectivity index (χ2v) is 5.77. The number of nitrogens with one attached hydrogen (secondary N) is 1. The summed E-state index contributed by atoms with van der Waals surface area (Å²) in [6.45, 7) is 3.87. The molecule has 0 unspecified atom stereocenters. The minimum atomic E-state index is -0.604. The fourth-order valence-electron chi connectivity index (χ4n) is 2.38. The van der Waals surface area contributed by atoms with Gasteiger partial charge in [0.05, 0.1) is 6.20 Å². The number of hydrogen-bond donors (Lipinski definition) is 1. The van der Waals surface area contributed by atoms with Crippen LogP contribution in [0.5, 0.6) is 0 Å². The van der Waals surface area contributed by atoms with Crippen molar-refractivity contribution in [2.75, 3.05) is 0 Å². The first-order valence-electron chi connectivity index (χ1n) is 7.13. The Balaban J connectivity index is 1.64. The second-order valence-electron chi connectivity index (χ2n) is 5.77. The molecule has 7 heteroatoms. The molecule has 0 spiro atoms. The number of carbonyl (C=O) groups excluding carboxylic acids is 1. The highest BCUT2D eigenvalue weighted by molar-refractivity contribution is 5.92. The Kier molecular flexibility index (Phi) is 3.64. The van der Waals surface area contributed by atoms with Gasteiger partial charge < -0.3 is 5.32 Å². The van der Waals surface area contributed by atoms with Crippen LogP contribution in [0, 0.1) is 11.6 Å². The van der Waals surface area contributed by atoms with Gasteiger partial charge in [0.1, 0.15) is 11.6 Å². The van der Waals surface area contributed by atoms with Crippen molar-refractivity contribution >= 4 is 5.91 Å². The zero-order chi connectivity index (χ0) is 15.9. The maximum Gasteiger partial charge on any atom is 0.273 e. The molecule has 1 fully saturated rings. The predicted molar refractivity (Wildman–Crippen MR) is 75.4 cm³/mol. The third kappa shape index (κ3) is 2.84. The fourth-order valence-corrected chi connectivity index (χ4v) is 2.38. The Morgan fingerprint density at radius 1 is 1.41 bits per heavy atom. The molecule has 0 bridgehead atoms. The van der Waals surface area contributed by atoms with Gasteiger partial charge in [0.15, 0.2) is 5.69 Å². The van der Waals surface area contributed by atoms with E-state index in [-0.39, 0.29) is 29.6 Å². The Morgan fingerprint density at radius 3 is 2.82 bits per heavy atom. The summed E-state index contributed by atoms with van der Waals surface area (Å²) >= 11 is 0. The first-order valence-corrected chi connectivity index (χ1v) is 7.13. The molecule has 1 aromatic carbocycles. The summed E-state index contributed by atoms with van der Waals surface area (Å²) in [6, 6.07) is 3.48. The average Bonchev–Trinajstić information content (AvgIpc) is 3.02. The summed E-state index contributed by atoms with van der Waals surface area (Å²) in [5.74, 6) is -1.63. The maximum atomic E-state index is 13.7. The number of amides is 1. The summed E-state index contributed by atoms with van der Waals surface area (Å²) in [7, 11) is 0. The summed E-state index contributed by atoms with van der Waals surface area (Å²) in [5.41, 5.74) is 0.663. The van der Waals surface area contributed by atoms with Gasteiger partial charge in [-0.1, -0.05) is 11.3 Å². The van der Waals surface area contributed by atoms with Crippen LogP contribution in [0.25, 0.3) is 0 Å². The van der Waals surface area contributed by atoms with E-state index in [0.717, 1.165) is 6.07 Å². The van der Waals surface area contributed by atoms with E-state index >= 15 is 0 Å². The number of aromatic nitrogens is 3. The van der Waals surface area contributed by atoms with Gasteiger partial charge in [-0.15, -0.1) is 5.10 Å². The van der Waals surface area contributed by atoms with Gasteiger partial charge in [-0.2, -0.15) is 0 Å². The predicted octanol–water partition coefficient (Wildman–Crippen LogP) is 2.42. The third-order valence-corrected chi connectivity index (χ3v) is 3.74. The molecule has 0 aliphatic heterocycles. The number of nitrogens with zero attached hydrogens (tertiary/aromatic N) is 3. The molecule has 116 valence electrons. The zero-order valence-corrected chi connectivity index (χ0v) is 12.3. The summed E-state index contributed by atoms with van der Waals surface area (Å²) in [5, 5.41) is 10.5. The molecule has 3 rings (SSSR count). The molecule has 0 saturated heterocycles. The molecule has 2 aromatic rings. The Labute approximate surface area is 126 Å². The second kappa shape index (κ2) is 5.47. The smallest absolute Gasteiger partial charge is 0.273 e. The van der Waals surface area contributed by atoms with Crippen molar-refractivity contribution in [3.05, 3.63) is 47.3 Å². The SMILES string of the molecule is CC(C)n1cc(C(=O)N[C@@H]2C[C@H]2c2ccc(F)cc2F)nn1. The first-order chi connectivity index (χ1) is 10.5. The lowest BCUT2D eigenvalue weighted by atomic mass is 10.1. The number of benzene rings is 1. The van der Waals surface area contributed by atoms with E-state index in [1.54, 1.807) is 10.9 Å². The molecule has 1 saturated carbocycles. The van der Waals surface area contributed by atoms with Crippen LogP contribution < -0.4 is 5.32 Å². The van der Waals surface area contributed by atoms with Gasteiger partial charge in [-0.05, 0) is 31.9 Å². The molecule has 5 nitrogen and oxygen atoms in total. The molecule has 0 radical (unpaired) electrons. The van der Waals surface area contributed by atoms with Gasteiger partial charge in [0.2, 0.25) is 0 Å². The highest BCUT2D eigenvalue weighted by Gasteiger charge is 2.41. The van der Waals surface area contributed by atoms with Crippen LogP contribution in [-0.2, 0) is 0 Å². The Morgan fingerprint density at radius 2 is 2.18 bits per heavy atom. The van der Waals surface area contributed by atoms with Crippen LogP contribution in [-0.4, -0.2) is 26.9 Å². The standard InChI is InChI=1S/C15H16F2N4O/c1-8(2)21-7-14(19-20-21)15(22)18-13-6-11(13)10-4-3-9(16)5-12(10)17/h3-5,7-8,11,13H,6H2,1-2H3,(H,18,22)/t11-,13+/m0/s1. The van der Waals surface area contributed by atoms with Gasteiger partial charge in [0.25, 0.3) is 5.91 Å². The highest BCUT2D eigenvalue weighted by Crippen LogP contribution is 2.42. The van der Waals surface area contributed by atoms with Gasteiger partial charge in [-0.3, -0.25) is 4.79 Å². The molecule has 1 aliphatic rings. The lowest BCUT2D eigenvalue weighted by Gasteiger charge is -2.04. The van der Waals surface area contributed by atoms with Crippen LogP contribution in [0.15, 0.2) is 24.4 Å². The lowest BCUT2D eigenvalue weighted by Crippen LogP contribution is -2.27. The number of hydrogen-bond acceptors (Lipinski definition) is 3. The number of rotatable bonds is 4. The summed E-state index contributed by atoms with van der Waals surface area (Å²) < 4.78 is 28.2. The fraction of sp³-hybridized carbons (Fsp3) is 0.400. The topological polar surface area (TPSA) is 59.8 Å². The molecule has 1 amide bonds. The van der Waals surface area contributed by atoms with Crippen LogP contribution in [0.3, 0.4) is 0 Å². The average molecular weight is 306 g/mol. The van der Waals surface area contributed by atoms with Gasteiger partial charge in [0, 0.05) is 24.1 Å². The van der Waals surface area contributed by atoms with Gasteiger partial charge >= 0.3 is 0 Å². The molecular weight excluding hydrogens is 290 g/mol. The molecule has 1 aliphatic carbocycles. The minimum Gasteiger partial charge on any atom is -0.347 e. The summed E-state index contributed by atoms with van der Waals surface area (Å²) in [4.78, 5) is 12.1. The first kappa shape index (κ1) is 14.6. The monoisotopic (exact) mass is 306 g/mol. The zero-order valence-electron chi connectivity index (χ0n) is 12.3. The van der Waals surface area contributed by atoms with Crippen LogP contribution in [0.1, 0.15) is 48.3 Å². The van der Waals surface area contributed by atoms with Crippen molar-refractivity contribution in [3.8, 4) is 0 Å². The highest BCUT2D eigenvalue weighted by atomic mass is 19.1. The van der Waals surface area contributed by atoms with E-state index < -0.39 is 11.6 Å². The Hall–Kier alpha value is -2.31. The lowest BCUT2D eigenvalue weighted by molar-refractivity contribution is 0.0945. The number of carbonyl (C=O) groups is 1. The van der Waals surface area contributed by atoms with E-state index in [2.05, 4.69) is 15.6 Å². The van der Waals surface area contributed by atoms with Crippen LogP contribution >= 0.6 is 0 Å². The Bertz CT molecular complexity index is 713. The number of halogens is 2.